The minimum absolute atomic E-state index is 0.408. The van der Waals surface area contributed by atoms with E-state index < -0.39 is 0 Å². The number of rotatable bonds is 5. The normalized spacial score (nSPS) is 19.4. The first-order valence-corrected chi connectivity index (χ1v) is 6.61. The third-order valence-corrected chi connectivity index (χ3v) is 5.65. The lowest BCUT2D eigenvalue weighted by atomic mass is 9.53. The molecule has 0 amide bonds. The fourth-order valence-electron chi connectivity index (χ4n) is 2.76. The summed E-state index contributed by atoms with van der Waals surface area (Å²) in [5, 5.41) is 0. The fraction of sp³-hybridized carbons (Fsp3) is 1.00. The van der Waals surface area contributed by atoms with Gasteiger partial charge in [-0.05, 0) is 35.0 Å². The zero-order valence-electron chi connectivity index (χ0n) is 12.4. The SMILES string of the molecule is CCC(C)(C(C)C(C)C)C(C)(C)C(C)C. The summed E-state index contributed by atoms with van der Waals surface area (Å²) < 4.78 is 0. The topological polar surface area (TPSA) is 0 Å². The van der Waals surface area contributed by atoms with Crippen molar-refractivity contribution in [3.05, 3.63) is 0 Å². The van der Waals surface area contributed by atoms with E-state index in [1.807, 2.05) is 0 Å². The number of hydrogen-bond acceptors (Lipinski definition) is 0. The average Bonchev–Trinajstić information content (AvgIpc) is 2.14. The molecule has 0 aliphatic carbocycles. The Labute approximate surface area is 97.8 Å². The molecule has 2 unspecified atom stereocenters. The summed E-state index contributed by atoms with van der Waals surface area (Å²) in [5.74, 6) is 2.29. The second-order valence-corrected chi connectivity index (χ2v) is 6.68. The van der Waals surface area contributed by atoms with E-state index >= 15 is 0 Å². The van der Waals surface area contributed by atoms with Crippen molar-refractivity contribution < 1.29 is 0 Å². The molecule has 92 valence electrons. The molecule has 0 heterocycles. The lowest BCUT2D eigenvalue weighted by molar-refractivity contribution is -0.0309. The molecule has 0 fully saturated rings. The first-order valence-electron chi connectivity index (χ1n) is 6.61. The number of hydrogen-bond donors (Lipinski definition) is 0. The zero-order valence-corrected chi connectivity index (χ0v) is 12.4. The lowest BCUT2D eigenvalue weighted by Crippen LogP contribution is -2.45. The second-order valence-electron chi connectivity index (χ2n) is 6.68. The van der Waals surface area contributed by atoms with Crippen LogP contribution in [0.2, 0.25) is 0 Å². The molecule has 0 aromatic heterocycles. The van der Waals surface area contributed by atoms with E-state index in [-0.39, 0.29) is 0 Å². The third-order valence-electron chi connectivity index (χ3n) is 5.65. The third kappa shape index (κ3) is 2.57. The molecule has 0 rings (SSSR count). The van der Waals surface area contributed by atoms with Gasteiger partial charge in [0.1, 0.15) is 0 Å². The molecular formula is C15H32. The molecule has 2 atom stereocenters. The van der Waals surface area contributed by atoms with Crippen LogP contribution in [0.4, 0.5) is 0 Å². The fourth-order valence-corrected chi connectivity index (χ4v) is 2.76. The van der Waals surface area contributed by atoms with Crippen LogP contribution in [0.15, 0.2) is 0 Å². The monoisotopic (exact) mass is 212 g/mol. The van der Waals surface area contributed by atoms with Crippen LogP contribution in [0.3, 0.4) is 0 Å². The van der Waals surface area contributed by atoms with Crippen LogP contribution in [0.25, 0.3) is 0 Å². The van der Waals surface area contributed by atoms with Crippen LogP contribution >= 0.6 is 0 Å². The highest BCUT2D eigenvalue weighted by Crippen LogP contribution is 2.53. The van der Waals surface area contributed by atoms with Crippen LogP contribution in [0.1, 0.15) is 68.7 Å². The Bertz CT molecular complexity index is 188. The molecule has 0 aromatic rings. The lowest BCUT2D eigenvalue weighted by Gasteiger charge is -2.52. The first-order chi connectivity index (χ1) is 6.61. The maximum absolute atomic E-state index is 2.48. The van der Waals surface area contributed by atoms with E-state index in [4.69, 9.17) is 0 Å². The summed E-state index contributed by atoms with van der Waals surface area (Å²) in [6.07, 6.45) is 1.28. The van der Waals surface area contributed by atoms with Gasteiger partial charge in [0.25, 0.3) is 0 Å². The molecular weight excluding hydrogens is 180 g/mol. The van der Waals surface area contributed by atoms with E-state index in [2.05, 4.69) is 62.3 Å². The van der Waals surface area contributed by atoms with E-state index in [0.717, 1.165) is 17.8 Å². The largest absolute Gasteiger partial charge is 0.0648 e. The smallest absolute Gasteiger partial charge is 0.0247 e. The van der Waals surface area contributed by atoms with Crippen molar-refractivity contribution in [2.45, 2.75) is 68.7 Å². The Balaban J connectivity index is 5.17. The predicted molar refractivity (Wildman–Crippen MR) is 71.0 cm³/mol. The summed E-state index contributed by atoms with van der Waals surface area (Å²) in [6, 6.07) is 0. The van der Waals surface area contributed by atoms with Gasteiger partial charge >= 0.3 is 0 Å². The van der Waals surface area contributed by atoms with Gasteiger partial charge in [-0.25, -0.2) is 0 Å². The zero-order chi connectivity index (χ0) is 12.4. The van der Waals surface area contributed by atoms with E-state index in [0.29, 0.717) is 10.8 Å². The molecule has 0 nitrogen and oxygen atoms in total. The standard InChI is InChI=1S/C15H32/c1-10-15(9,13(6)11(2)3)14(7,8)12(4)5/h11-13H,10H2,1-9H3. The molecule has 0 heteroatoms. The van der Waals surface area contributed by atoms with Crippen molar-refractivity contribution in [2.75, 3.05) is 0 Å². The predicted octanol–water partition coefficient (Wildman–Crippen LogP) is 5.38. The van der Waals surface area contributed by atoms with E-state index in [9.17, 15) is 0 Å². The van der Waals surface area contributed by atoms with Crippen LogP contribution in [0, 0.1) is 28.6 Å². The van der Waals surface area contributed by atoms with Gasteiger partial charge in [-0.2, -0.15) is 0 Å². The van der Waals surface area contributed by atoms with E-state index in [1.165, 1.54) is 6.42 Å². The van der Waals surface area contributed by atoms with Gasteiger partial charge in [0, 0.05) is 0 Å². The van der Waals surface area contributed by atoms with Gasteiger partial charge in [0.15, 0.2) is 0 Å². The molecule has 0 radical (unpaired) electrons. The molecule has 0 spiro atoms. The molecule has 0 aliphatic rings. The Morgan fingerprint density at radius 1 is 0.867 bits per heavy atom. The molecule has 0 bridgehead atoms. The minimum atomic E-state index is 0.408. The van der Waals surface area contributed by atoms with Crippen molar-refractivity contribution in [3.8, 4) is 0 Å². The van der Waals surface area contributed by atoms with Gasteiger partial charge in [0.2, 0.25) is 0 Å². The second kappa shape index (κ2) is 4.89. The summed E-state index contributed by atoms with van der Waals surface area (Å²) in [4.78, 5) is 0. The van der Waals surface area contributed by atoms with Gasteiger partial charge in [-0.1, -0.05) is 62.3 Å². The minimum Gasteiger partial charge on any atom is -0.0648 e. The Kier molecular flexibility index (Phi) is 4.89. The molecule has 0 saturated carbocycles. The Morgan fingerprint density at radius 3 is 1.47 bits per heavy atom. The van der Waals surface area contributed by atoms with Gasteiger partial charge in [-0.15, -0.1) is 0 Å². The van der Waals surface area contributed by atoms with Crippen molar-refractivity contribution in [3.63, 3.8) is 0 Å². The highest BCUT2D eigenvalue weighted by molar-refractivity contribution is 4.94. The Morgan fingerprint density at radius 2 is 1.27 bits per heavy atom. The first kappa shape index (κ1) is 15.0. The quantitative estimate of drug-likeness (QED) is 0.574. The van der Waals surface area contributed by atoms with Crippen LogP contribution in [0.5, 0.6) is 0 Å². The van der Waals surface area contributed by atoms with Crippen molar-refractivity contribution in [2.24, 2.45) is 28.6 Å². The average molecular weight is 212 g/mol. The molecule has 0 aliphatic heterocycles. The maximum Gasteiger partial charge on any atom is -0.0247 e. The molecule has 0 N–H and O–H groups in total. The van der Waals surface area contributed by atoms with E-state index in [1.54, 1.807) is 0 Å². The summed E-state index contributed by atoms with van der Waals surface area (Å²) >= 11 is 0. The van der Waals surface area contributed by atoms with Gasteiger partial charge < -0.3 is 0 Å². The van der Waals surface area contributed by atoms with Crippen molar-refractivity contribution in [1.82, 2.24) is 0 Å². The summed E-state index contributed by atoms with van der Waals surface area (Å²) in [6.45, 7) is 21.6. The summed E-state index contributed by atoms with van der Waals surface area (Å²) in [5.41, 5.74) is 0.848. The highest BCUT2D eigenvalue weighted by Gasteiger charge is 2.45. The van der Waals surface area contributed by atoms with Crippen LogP contribution in [-0.2, 0) is 0 Å². The van der Waals surface area contributed by atoms with Crippen molar-refractivity contribution >= 4 is 0 Å². The molecule has 15 heavy (non-hydrogen) atoms. The molecule has 0 aromatic carbocycles. The highest BCUT2D eigenvalue weighted by atomic mass is 14.5. The maximum atomic E-state index is 2.48. The summed E-state index contributed by atoms with van der Waals surface area (Å²) in [7, 11) is 0. The van der Waals surface area contributed by atoms with Crippen molar-refractivity contribution in [1.29, 1.82) is 0 Å². The van der Waals surface area contributed by atoms with Gasteiger partial charge in [0.05, 0.1) is 0 Å². The Hall–Kier alpha value is 0. The van der Waals surface area contributed by atoms with Crippen LogP contribution < -0.4 is 0 Å². The molecule has 0 saturated heterocycles. The van der Waals surface area contributed by atoms with Crippen LogP contribution in [-0.4, -0.2) is 0 Å². The van der Waals surface area contributed by atoms with Gasteiger partial charge in [-0.3, -0.25) is 0 Å².